The van der Waals surface area contributed by atoms with E-state index < -0.39 is 0 Å². The number of carbonyl (C=O) groups is 1. The summed E-state index contributed by atoms with van der Waals surface area (Å²) in [6.07, 6.45) is 4.89. The molecule has 19 heavy (non-hydrogen) atoms. The number of amides is 1. The minimum atomic E-state index is 0.0937. The minimum absolute atomic E-state index is 0.0937. The Morgan fingerprint density at radius 3 is 2.89 bits per heavy atom. The fourth-order valence-electron chi connectivity index (χ4n) is 2.93. The highest BCUT2D eigenvalue weighted by atomic mass is 32.1. The summed E-state index contributed by atoms with van der Waals surface area (Å²) in [5, 5.41) is 6.29. The standard InChI is InChI=1S/C16H19NOS/c1-11-6-2-4-8-14(11)17-16(18)13-10-19-15-9-5-3-7-12(13)15/h3,5,7,9-11,14H,2,4,6,8H2,1H3,(H,17,18)/t11-,14-/m1/s1. The molecule has 0 aliphatic heterocycles. The monoisotopic (exact) mass is 273 g/mol. The van der Waals surface area contributed by atoms with Crippen molar-refractivity contribution in [2.75, 3.05) is 0 Å². The maximum atomic E-state index is 12.4. The molecule has 0 bridgehead atoms. The van der Waals surface area contributed by atoms with Crippen LogP contribution in [-0.4, -0.2) is 11.9 Å². The second-order valence-electron chi connectivity index (χ2n) is 5.49. The molecule has 3 rings (SSSR count). The molecule has 1 fully saturated rings. The van der Waals surface area contributed by atoms with Gasteiger partial charge >= 0.3 is 0 Å². The summed E-state index contributed by atoms with van der Waals surface area (Å²) in [5.41, 5.74) is 0.832. The third kappa shape index (κ3) is 2.52. The smallest absolute Gasteiger partial charge is 0.252 e. The lowest BCUT2D eigenvalue weighted by atomic mass is 9.86. The Balaban J connectivity index is 1.80. The van der Waals surface area contributed by atoms with E-state index in [1.165, 1.54) is 24.0 Å². The first-order valence-electron chi connectivity index (χ1n) is 7.03. The summed E-state index contributed by atoms with van der Waals surface area (Å²) in [5.74, 6) is 0.693. The highest BCUT2D eigenvalue weighted by molar-refractivity contribution is 7.17. The van der Waals surface area contributed by atoms with Gasteiger partial charge in [-0.2, -0.15) is 0 Å². The van der Waals surface area contributed by atoms with Gasteiger partial charge in [-0.1, -0.05) is 38.0 Å². The van der Waals surface area contributed by atoms with E-state index in [4.69, 9.17) is 0 Å². The van der Waals surface area contributed by atoms with Crippen LogP contribution in [0.4, 0.5) is 0 Å². The van der Waals surface area contributed by atoms with Gasteiger partial charge in [0.15, 0.2) is 0 Å². The molecule has 1 aromatic heterocycles. The molecule has 1 heterocycles. The van der Waals surface area contributed by atoms with E-state index >= 15 is 0 Å². The molecule has 0 saturated heterocycles. The van der Waals surface area contributed by atoms with Gasteiger partial charge in [0.25, 0.3) is 5.91 Å². The Morgan fingerprint density at radius 2 is 2.05 bits per heavy atom. The molecule has 2 nitrogen and oxygen atoms in total. The first-order chi connectivity index (χ1) is 9.25. The van der Waals surface area contributed by atoms with E-state index in [2.05, 4.69) is 18.3 Å². The molecule has 1 aliphatic rings. The third-order valence-electron chi connectivity index (χ3n) is 4.15. The lowest BCUT2D eigenvalue weighted by Gasteiger charge is -2.29. The zero-order chi connectivity index (χ0) is 13.2. The molecule has 1 amide bonds. The van der Waals surface area contributed by atoms with Crippen LogP contribution in [0.3, 0.4) is 0 Å². The number of hydrogen-bond donors (Lipinski definition) is 1. The number of rotatable bonds is 2. The summed E-state index contributed by atoms with van der Waals surface area (Å²) in [7, 11) is 0. The van der Waals surface area contributed by atoms with Gasteiger partial charge in [-0.05, 0) is 24.8 Å². The number of benzene rings is 1. The SMILES string of the molecule is C[C@@H]1CCCC[C@H]1NC(=O)c1csc2ccccc12. The van der Waals surface area contributed by atoms with Gasteiger partial charge < -0.3 is 5.32 Å². The van der Waals surface area contributed by atoms with Crippen LogP contribution in [0.1, 0.15) is 43.0 Å². The second-order valence-corrected chi connectivity index (χ2v) is 6.40. The molecular formula is C16H19NOS. The Bertz CT molecular complexity index is 589. The van der Waals surface area contributed by atoms with Crippen molar-refractivity contribution >= 4 is 27.3 Å². The van der Waals surface area contributed by atoms with E-state index in [-0.39, 0.29) is 5.91 Å². The maximum absolute atomic E-state index is 12.4. The van der Waals surface area contributed by atoms with Gasteiger partial charge in [-0.15, -0.1) is 11.3 Å². The Morgan fingerprint density at radius 1 is 1.26 bits per heavy atom. The fraction of sp³-hybridized carbons (Fsp3) is 0.438. The molecule has 0 radical (unpaired) electrons. The van der Waals surface area contributed by atoms with Crippen molar-refractivity contribution in [3.8, 4) is 0 Å². The first kappa shape index (κ1) is 12.7. The molecule has 1 aliphatic carbocycles. The molecule has 2 atom stereocenters. The molecule has 1 saturated carbocycles. The summed E-state index contributed by atoms with van der Waals surface area (Å²) in [4.78, 5) is 12.4. The minimum Gasteiger partial charge on any atom is -0.349 e. The van der Waals surface area contributed by atoms with E-state index in [1.807, 2.05) is 23.6 Å². The summed E-state index contributed by atoms with van der Waals surface area (Å²) < 4.78 is 1.18. The lowest BCUT2D eigenvalue weighted by molar-refractivity contribution is 0.0912. The summed E-state index contributed by atoms with van der Waals surface area (Å²) >= 11 is 1.64. The van der Waals surface area contributed by atoms with Crippen LogP contribution < -0.4 is 5.32 Å². The quantitative estimate of drug-likeness (QED) is 0.872. The number of thiophene rings is 1. The van der Waals surface area contributed by atoms with E-state index in [9.17, 15) is 4.79 Å². The average molecular weight is 273 g/mol. The van der Waals surface area contributed by atoms with Gasteiger partial charge in [-0.25, -0.2) is 0 Å². The van der Waals surface area contributed by atoms with E-state index in [1.54, 1.807) is 11.3 Å². The highest BCUT2D eigenvalue weighted by Gasteiger charge is 2.24. The normalized spacial score (nSPS) is 23.4. The molecule has 1 N–H and O–H groups in total. The van der Waals surface area contributed by atoms with Crippen LogP contribution in [0.25, 0.3) is 10.1 Å². The van der Waals surface area contributed by atoms with Gasteiger partial charge in [0.05, 0.1) is 5.56 Å². The van der Waals surface area contributed by atoms with Crippen LogP contribution >= 0.6 is 11.3 Å². The Kier molecular flexibility index (Phi) is 3.56. The molecule has 100 valence electrons. The molecular weight excluding hydrogens is 254 g/mol. The second kappa shape index (κ2) is 5.33. The Hall–Kier alpha value is -1.35. The maximum Gasteiger partial charge on any atom is 0.252 e. The molecule has 2 aromatic rings. The lowest BCUT2D eigenvalue weighted by Crippen LogP contribution is -2.40. The van der Waals surface area contributed by atoms with Gasteiger partial charge in [0.2, 0.25) is 0 Å². The topological polar surface area (TPSA) is 29.1 Å². The first-order valence-corrected chi connectivity index (χ1v) is 7.91. The zero-order valence-electron chi connectivity index (χ0n) is 11.2. The van der Waals surface area contributed by atoms with Crippen molar-refractivity contribution in [3.63, 3.8) is 0 Å². The summed E-state index contributed by atoms with van der Waals surface area (Å²) in [6, 6.07) is 8.46. The van der Waals surface area contributed by atoms with Crippen LogP contribution in [0.15, 0.2) is 29.6 Å². The largest absolute Gasteiger partial charge is 0.349 e. The average Bonchev–Trinajstić information content (AvgIpc) is 2.85. The van der Waals surface area contributed by atoms with Crippen LogP contribution in [0, 0.1) is 5.92 Å². The van der Waals surface area contributed by atoms with Crippen LogP contribution in [-0.2, 0) is 0 Å². The van der Waals surface area contributed by atoms with Crippen molar-refractivity contribution in [2.24, 2.45) is 5.92 Å². The van der Waals surface area contributed by atoms with Gasteiger partial charge in [0.1, 0.15) is 0 Å². The predicted molar refractivity (Wildman–Crippen MR) is 80.7 cm³/mol. The van der Waals surface area contributed by atoms with Crippen molar-refractivity contribution in [2.45, 2.75) is 38.6 Å². The molecule has 3 heteroatoms. The van der Waals surface area contributed by atoms with Crippen molar-refractivity contribution in [1.29, 1.82) is 0 Å². The highest BCUT2D eigenvalue weighted by Crippen LogP contribution is 2.27. The van der Waals surface area contributed by atoms with Crippen molar-refractivity contribution in [1.82, 2.24) is 5.32 Å². The number of hydrogen-bond acceptors (Lipinski definition) is 2. The van der Waals surface area contributed by atoms with Gasteiger partial charge in [-0.3, -0.25) is 4.79 Å². The third-order valence-corrected chi connectivity index (χ3v) is 5.12. The number of fused-ring (bicyclic) bond motifs is 1. The summed E-state index contributed by atoms with van der Waals surface area (Å²) in [6.45, 7) is 2.25. The van der Waals surface area contributed by atoms with E-state index in [0.29, 0.717) is 12.0 Å². The van der Waals surface area contributed by atoms with Crippen molar-refractivity contribution < 1.29 is 4.79 Å². The fourth-order valence-corrected chi connectivity index (χ4v) is 3.87. The number of carbonyl (C=O) groups excluding carboxylic acids is 1. The van der Waals surface area contributed by atoms with Crippen molar-refractivity contribution in [3.05, 3.63) is 35.2 Å². The molecule has 1 aromatic carbocycles. The van der Waals surface area contributed by atoms with Crippen LogP contribution in [0.2, 0.25) is 0 Å². The van der Waals surface area contributed by atoms with Gasteiger partial charge in [0, 0.05) is 21.5 Å². The predicted octanol–water partition coefficient (Wildman–Crippen LogP) is 4.21. The van der Waals surface area contributed by atoms with E-state index in [0.717, 1.165) is 17.4 Å². The Labute approximate surface area is 117 Å². The molecule has 0 spiro atoms. The zero-order valence-corrected chi connectivity index (χ0v) is 12.0. The number of nitrogens with one attached hydrogen (secondary N) is 1. The molecule has 0 unspecified atom stereocenters. The van der Waals surface area contributed by atoms with Crippen LogP contribution in [0.5, 0.6) is 0 Å².